The van der Waals surface area contributed by atoms with Crippen molar-refractivity contribution >= 4 is 37.6 Å². The van der Waals surface area contributed by atoms with Crippen molar-refractivity contribution < 1.29 is 9.15 Å². The number of furan rings is 1. The Kier molecular flexibility index (Phi) is 4.74. The molecule has 2 aromatic carbocycles. The van der Waals surface area contributed by atoms with Crippen LogP contribution in [0.5, 0.6) is 0 Å². The molecule has 4 heterocycles. The highest BCUT2D eigenvalue weighted by Crippen LogP contribution is 2.34. The predicted molar refractivity (Wildman–Crippen MR) is 125 cm³/mol. The molecule has 8 heteroatoms. The van der Waals surface area contributed by atoms with Crippen molar-refractivity contribution in [1.82, 2.24) is 14.5 Å². The van der Waals surface area contributed by atoms with Crippen LogP contribution in [0.1, 0.15) is 5.56 Å². The highest BCUT2D eigenvalue weighted by molar-refractivity contribution is 7.22. The number of rotatable bonds is 4. The molecule has 0 N–H and O–H groups in total. The van der Waals surface area contributed by atoms with Crippen LogP contribution in [0, 0.1) is 0 Å². The van der Waals surface area contributed by atoms with Gasteiger partial charge in [-0.1, -0.05) is 53.8 Å². The van der Waals surface area contributed by atoms with Gasteiger partial charge < -0.3 is 14.1 Å². The van der Waals surface area contributed by atoms with E-state index in [-0.39, 0.29) is 5.69 Å². The zero-order valence-corrected chi connectivity index (χ0v) is 18.0. The van der Waals surface area contributed by atoms with E-state index in [1.807, 2.05) is 24.3 Å². The number of aromatic nitrogens is 3. The Balaban J connectivity index is 1.54. The third kappa shape index (κ3) is 3.28. The first-order chi connectivity index (χ1) is 15.8. The summed E-state index contributed by atoms with van der Waals surface area (Å²) in [4.78, 5) is 25.5. The minimum Gasteiger partial charge on any atom is -0.463 e. The second kappa shape index (κ2) is 7.89. The van der Waals surface area contributed by atoms with Crippen LogP contribution < -0.4 is 10.6 Å². The summed E-state index contributed by atoms with van der Waals surface area (Å²) in [5.74, 6) is 0.545. The number of ether oxygens (including phenoxy) is 1. The van der Waals surface area contributed by atoms with Crippen molar-refractivity contribution in [1.29, 1.82) is 0 Å². The quantitative estimate of drug-likeness (QED) is 0.415. The average Bonchev–Trinajstić information content (AvgIpc) is 3.52. The summed E-state index contributed by atoms with van der Waals surface area (Å²) in [5.41, 5.74) is 1.93. The summed E-state index contributed by atoms with van der Waals surface area (Å²) in [6.07, 6.45) is 1.58. The summed E-state index contributed by atoms with van der Waals surface area (Å²) in [6, 6.07) is 18.0. The van der Waals surface area contributed by atoms with E-state index in [0.717, 1.165) is 39.4 Å². The third-order valence-electron chi connectivity index (χ3n) is 5.75. The van der Waals surface area contributed by atoms with Crippen LogP contribution in [0.15, 0.2) is 70.1 Å². The maximum Gasteiger partial charge on any atom is 0.349 e. The Morgan fingerprint density at radius 2 is 1.81 bits per heavy atom. The normalized spacial score (nSPS) is 14.4. The van der Waals surface area contributed by atoms with E-state index in [0.29, 0.717) is 36.7 Å². The van der Waals surface area contributed by atoms with Crippen LogP contribution in [0.4, 0.5) is 5.13 Å². The van der Waals surface area contributed by atoms with Gasteiger partial charge >= 0.3 is 5.69 Å². The van der Waals surface area contributed by atoms with Crippen LogP contribution in [0.2, 0.25) is 0 Å². The maximum atomic E-state index is 13.2. The SMILES string of the molecule is O=c1nc(-c2ccco2)c2nc(N3CCOCC3)sc2n1Cc1cccc2ccccc12. The molecule has 6 rings (SSSR count). The van der Waals surface area contributed by atoms with Crippen LogP contribution in [-0.2, 0) is 11.3 Å². The Hall–Kier alpha value is -3.49. The van der Waals surface area contributed by atoms with E-state index in [9.17, 15) is 4.79 Å². The van der Waals surface area contributed by atoms with Gasteiger partial charge in [0.2, 0.25) is 0 Å². The second-order valence-electron chi connectivity index (χ2n) is 7.69. The number of nitrogens with zero attached hydrogens (tertiary/aromatic N) is 4. The smallest absolute Gasteiger partial charge is 0.349 e. The molecule has 0 aliphatic carbocycles. The molecule has 0 unspecified atom stereocenters. The highest BCUT2D eigenvalue weighted by Gasteiger charge is 2.22. The number of hydrogen-bond donors (Lipinski definition) is 0. The summed E-state index contributed by atoms with van der Waals surface area (Å²) in [7, 11) is 0. The fourth-order valence-electron chi connectivity index (χ4n) is 4.15. The van der Waals surface area contributed by atoms with Crippen LogP contribution in [0.25, 0.3) is 32.6 Å². The summed E-state index contributed by atoms with van der Waals surface area (Å²) in [5, 5.41) is 3.14. The van der Waals surface area contributed by atoms with E-state index in [2.05, 4.69) is 34.1 Å². The molecule has 1 aliphatic heterocycles. The Bertz CT molecular complexity index is 1460. The minimum atomic E-state index is -0.311. The van der Waals surface area contributed by atoms with Crippen molar-refractivity contribution in [3.63, 3.8) is 0 Å². The second-order valence-corrected chi connectivity index (χ2v) is 8.65. The highest BCUT2D eigenvalue weighted by atomic mass is 32.1. The zero-order chi connectivity index (χ0) is 21.5. The van der Waals surface area contributed by atoms with Gasteiger partial charge in [0.15, 0.2) is 10.9 Å². The maximum absolute atomic E-state index is 13.2. The molecular formula is C24H20N4O3S. The van der Waals surface area contributed by atoms with Crippen molar-refractivity contribution in [2.24, 2.45) is 0 Å². The van der Waals surface area contributed by atoms with Crippen molar-refractivity contribution in [2.45, 2.75) is 6.54 Å². The van der Waals surface area contributed by atoms with Crippen molar-refractivity contribution in [2.75, 3.05) is 31.2 Å². The van der Waals surface area contributed by atoms with Gasteiger partial charge in [-0.15, -0.1) is 0 Å². The van der Waals surface area contributed by atoms with E-state index in [4.69, 9.17) is 14.1 Å². The lowest BCUT2D eigenvalue weighted by atomic mass is 10.0. The molecule has 0 amide bonds. The van der Waals surface area contributed by atoms with E-state index < -0.39 is 0 Å². The lowest BCUT2D eigenvalue weighted by Gasteiger charge is -2.25. The molecule has 1 aliphatic rings. The fourth-order valence-corrected chi connectivity index (χ4v) is 5.26. The van der Waals surface area contributed by atoms with Gasteiger partial charge in [-0.25, -0.2) is 9.78 Å². The minimum absolute atomic E-state index is 0.311. The Labute approximate surface area is 187 Å². The predicted octanol–water partition coefficient (Wildman–Crippen LogP) is 4.15. The molecule has 0 radical (unpaired) electrons. The lowest BCUT2D eigenvalue weighted by Crippen LogP contribution is -2.36. The molecule has 32 heavy (non-hydrogen) atoms. The van der Waals surface area contributed by atoms with E-state index in [1.54, 1.807) is 16.9 Å². The summed E-state index contributed by atoms with van der Waals surface area (Å²) < 4.78 is 12.8. The lowest BCUT2D eigenvalue weighted by molar-refractivity contribution is 0.122. The molecule has 0 bridgehead atoms. The fraction of sp³-hybridized carbons (Fsp3) is 0.208. The van der Waals surface area contributed by atoms with Crippen molar-refractivity contribution in [3.05, 3.63) is 76.9 Å². The summed E-state index contributed by atoms with van der Waals surface area (Å²) in [6.45, 7) is 3.31. The molecule has 0 saturated carbocycles. The number of benzene rings is 2. The number of hydrogen-bond acceptors (Lipinski definition) is 7. The van der Waals surface area contributed by atoms with Gasteiger partial charge in [0.05, 0.1) is 26.0 Å². The molecule has 5 aromatic rings. The Morgan fingerprint density at radius 1 is 0.969 bits per heavy atom. The molecule has 0 atom stereocenters. The molecule has 160 valence electrons. The number of thiazole rings is 1. The molecule has 0 spiro atoms. The van der Waals surface area contributed by atoms with E-state index in [1.165, 1.54) is 11.3 Å². The van der Waals surface area contributed by atoms with Gasteiger partial charge in [-0.3, -0.25) is 4.57 Å². The first-order valence-electron chi connectivity index (χ1n) is 10.5. The van der Waals surface area contributed by atoms with Crippen molar-refractivity contribution in [3.8, 4) is 11.5 Å². The van der Waals surface area contributed by atoms with Gasteiger partial charge in [-0.05, 0) is 28.5 Å². The number of anilines is 1. The Morgan fingerprint density at radius 3 is 2.66 bits per heavy atom. The van der Waals surface area contributed by atoms with Crippen LogP contribution in [0.3, 0.4) is 0 Å². The summed E-state index contributed by atoms with van der Waals surface area (Å²) >= 11 is 1.52. The molecule has 3 aromatic heterocycles. The zero-order valence-electron chi connectivity index (χ0n) is 17.2. The first kappa shape index (κ1) is 19.2. The van der Waals surface area contributed by atoms with Gasteiger partial charge in [0, 0.05) is 13.1 Å². The molecule has 7 nitrogen and oxygen atoms in total. The first-order valence-corrected chi connectivity index (χ1v) is 11.3. The third-order valence-corrected chi connectivity index (χ3v) is 6.89. The molecule has 1 saturated heterocycles. The van der Waals surface area contributed by atoms with Gasteiger partial charge in [0.1, 0.15) is 16.0 Å². The molecule has 1 fully saturated rings. The monoisotopic (exact) mass is 444 g/mol. The largest absolute Gasteiger partial charge is 0.463 e. The van der Waals surface area contributed by atoms with Gasteiger partial charge in [0.25, 0.3) is 0 Å². The van der Waals surface area contributed by atoms with Gasteiger partial charge in [-0.2, -0.15) is 4.98 Å². The van der Waals surface area contributed by atoms with E-state index >= 15 is 0 Å². The number of morpholine rings is 1. The molecular weight excluding hydrogens is 424 g/mol. The average molecular weight is 445 g/mol. The number of fused-ring (bicyclic) bond motifs is 2. The standard InChI is InChI=1S/C24H20N4O3S/c29-23-25-20(19-9-4-12-31-19)21-22(32-24(26-21)27-10-13-30-14-11-27)28(23)15-17-7-3-6-16-5-1-2-8-18(16)17/h1-9,12H,10-11,13-15H2. The van der Waals surface area contributed by atoms with Crippen LogP contribution >= 0.6 is 11.3 Å². The topological polar surface area (TPSA) is 73.4 Å². The van der Waals surface area contributed by atoms with Crippen LogP contribution in [-0.4, -0.2) is 40.8 Å².